The molecule has 1 unspecified atom stereocenters. The maximum Gasteiger partial charge on any atom is 0.254 e. The molecule has 1 heterocycles. The summed E-state index contributed by atoms with van der Waals surface area (Å²) in [5, 5.41) is 3.07. The quantitative estimate of drug-likeness (QED) is 0.838. The topological polar surface area (TPSA) is 75.4 Å². The number of nitrogens with two attached hydrogens (primary N) is 1. The fourth-order valence-electron chi connectivity index (χ4n) is 2.15. The summed E-state index contributed by atoms with van der Waals surface area (Å²) in [5.41, 5.74) is 6.91. The third-order valence-corrected chi connectivity index (χ3v) is 4.13. The highest BCUT2D eigenvalue weighted by atomic mass is 79.9. The van der Waals surface area contributed by atoms with Gasteiger partial charge in [0.05, 0.1) is 0 Å². The number of aryl methyl sites for hydroxylation is 1. The summed E-state index contributed by atoms with van der Waals surface area (Å²) in [4.78, 5) is 25.4. The lowest BCUT2D eigenvalue weighted by Crippen LogP contribution is -2.58. The summed E-state index contributed by atoms with van der Waals surface area (Å²) in [6, 6.07) is 4.82. The Hall–Kier alpha value is -1.40. The van der Waals surface area contributed by atoms with E-state index in [-0.39, 0.29) is 5.91 Å². The Morgan fingerprint density at radius 1 is 1.47 bits per heavy atom. The van der Waals surface area contributed by atoms with E-state index < -0.39 is 11.9 Å². The number of primary amides is 1. The number of amides is 2. The Morgan fingerprint density at radius 3 is 2.84 bits per heavy atom. The minimum atomic E-state index is -0.579. The minimum absolute atomic E-state index is 0.152. The second-order valence-corrected chi connectivity index (χ2v) is 5.44. The Kier molecular flexibility index (Phi) is 4.21. The van der Waals surface area contributed by atoms with Gasteiger partial charge in [-0.05, 0) is 30.7 Å². The number of piperazine rings is 1. The third kappa shape index (κ3) is 2.96. The van der Waals surface area contributed by atoms with Crippen molar-refractivity contribution in [3.63, 3.8) is 0 Å². The third-order valence-electron chi connectivity index (χ3n) is 3.24. The predicted molar refractivity (Wildman–Crippen MR) is 75.8 cm³/mol. The van der Waals surface area contributed by atoms with Crippen molar-refractivity contribution in [1.82, 2.24) is 10.2 Å². The highest BCUT2D eigenvalue weighted by Crippen LogP contribution is 2.19. The normalized spacial score (nSPS) is 19.3. The van der Waals surface area contributed by atoms with Crippen molar-refractivity contribution in [3.05, 3.63) is 33.8 Å². The zero-order chi connectivity index (χ0) is 14.0. The second kappa shape index (κ2) is 5.71. The fourth-order valence-corrected chi connectivity index (χ4v) is 2.39. The van der Waals surface area contributed by atoms with Crippen LogP contribution in [0.2, 0.25) is 0 Å². The standard InChI is InChI=1S/C13H16BrN3O2/c1-8-6-9(2-3-10(8)14)13(19)17-5-4-16-7-11(17)12(15)18/h2-3,6,11,16H,4-5,7H2,1H3,(H2,15,18). The number of hydrogen-bond donors (Lipinski definition) is 2. The van der Waals surface area contributed by atoms with Crippen LogP contribution in [0.4, 0.5) is 0 Å². The molecular weight excluding hydrogens is 310 g/mol. The van der Waals surface area contributed by atoms with Crippen LogP contribution < -0.4 is 11.1 Å². The van der Waals surface area contributed by atoms with Crippen molar-refractivity contribution in [2.45, 2.75) is 13.0 Å². The van der Waals surface area contributed by atoms with Crippen molar-refractivity contribution in [1.29, 1.82) is 0 Å². The molecule has 19 heavy (non-hydrogen) atoms. The summed E-state index contributed by atoms with van der Waals surface area (Å²) in [7, 11) is 0. The maximum absolute atomic E-state index is 12.5. The van der Waals surface area contributed by atoms with Crippen LogP contribution in [0.5, 0.6) is 0 Å². The summed E-state index contributed by atoms with van der Waals surface area (Å²) >= 11 is 3.40. The van der Waals surface area contributed by atoms with E-state index in [9.17, 15) is 9.59 Å². The van der Waals surface area contributed by atoms with Crippen LogP contribution >= 0.6 is 15.9 Å². The molecule has 0 bridgehead atoms. The summed E-state index contributed by atoms with van der Waals surface area (Å²) in [5.74, 6) is -0.629. The highest BCUT2D eigenvalue weighted by Gasteiger charge is 2.31. The molecule has 5 nitrogen and oxygen atoms in total. The van der Waals surface area contributed by atoms with Gasteiger partial charge in [-0.2, -0.15) is 0 Å². The highest BCUT2D eigenvalue weighted by molar-refractivity contribution is 9.10. The predicted octanol–water partition coefficient (Wildman–Crippen LogP) is 0.657. The largest absolute Gasteiger partial charge is 0.368 e. The molecule has 2 amide bonds. The average molecular weight is 326 g/mol. The van der Waals surface area contributed by atoms with Gasteiger partial charge in [0, 0.05) is 29.7 Å². The van der Waals surface area contributed by atoms with Gasteiger partial charge in [0.15, 0.2) is 0 Å². The molecule has 1 aliphatic heterocycles. The lowest BCUT2D eigenvalue weighted by Gasteiger charge is -2.34. The molecule has 0 radical (unpaired) electrons. The molecule has 102 valence electrons. The molecule has 1 aromatic carbocycles. The Bertz CT molecular complexity index is 519. The van der Waals surface area contributed by atoms with Crippen LogP contribution in [0.15, 0.2) is 22.7 Å². The van der Waals surface area contributed by atoms with Crippen LogP contribution in [-0.4, -0.2) is 42.4 Å². The molecule has 0 spiro atoms. The number of carbonyl (C=O) groups is 2. The van der Waals surface area contributed by atoms with Gasteiger partial charge in [-0.15, -0.1) is 0 Å². The van der Waals surface area contributed by atoms with E-state index in [2.05, 4.69) is 21.2 Å². The molecule has 1 aliphatic rings. The molecule has 6 heteroatoms. The van der Waals surface area contributed by atoms with Crippen molar-refractivity contribution < 1.29 is 9.59 Å². The molecule has 1 atom stereocenters. The van der Waals surface area contributed by atoms with Crippen molar-refractivity contribution in [3.8, 4) is 0 Å². The first-order valence-corrected chi connectivity index (χ1v) is 6.87. The monoisotopic (exact) mass is 325 g/mol. The van der Waals surface area contributed by atoms with Crippen LogP contribution in [0, 0.1) is 6.92 Å². The molecule has 2 rings (SSSR count). The summed E-state index contributed by atoms with van der Waals surface area (Å²) < 4.78 is 0.954. The number of hydrogen-bond acceptors (Lipinski definition) is 3. The zero-order valence-electron chi connectivity index (χ0n) is 10.6. The molecule has 1 aromatic rings. The van der Waals surface area contributed by atoms with Gasteiger partial charge in [-0.1, -0.05) is 15.9 Å². The number of carbonyl (C=O) groups excluding carboxylic acids is 2. The second-order valence-electron chi connectivity index (χ2n) is 4.58. The van der Waals surface area contributed by atoms with E-state index >= 15 is 0 Å². The number of rotatable bonds is 2. The fraction of sp³-hybridized carbons (Fsp3) is 0.385. The van der Waals surface area contributed by atoms with Gasteiger partial charge in [0.25, 0.3) is 5.91 Å². The van der Waals surface area contributed by atoms with Crippen molar-refractivity contribution >= 4 is 27.7 Å². The smallest absolute Gasteiger partial charge is 0.254 e. The maximum atomic E-state index is 12.5. The van der Waals surface area contributed by atoms with E-state index in [4.69, 9.17) is 5.73 Å². The van der Waals surface area contributed by atoms with Crippen LogP contribution in [0.1, 0.15) is 15.9 Å². The van der Waals surface area contributed by atoms with Crippen molar-refractivity contribution in [2.75, 3.05) is 19.6 Å². The Balaban J connectivity index is 2.26. The Morgan fingerprint density at radius 2 is 2.21 bits per heavy atom. The van der Waals surface area contributed by atoms with Gasteiger partial charge in [-0.25, -0.2) is 0 Å². The van der Waals surface area contributed by atoms with Crippen LogP contribution in [0.3, 0.4) is 0 Å². The number of benzene rings is 1. The average Bonchev–Trinajstić information content (AvgIpc) is 2.41. The molecule has 1 saturated heterocycles. The van der Waals surface area contributed by atoms with Crippen LogP contribution in [-0.2, 0) is 4.79 Å². The lowest BCUT2D eigenvalue weighted by atomic mass is 10.1. The van der Waals surface area contributed by atoms with Crippen molar-refractivity contribution in [2.24, 2.45) is 5.73 Å². The molecule has 0 saturated carbocycles. The van der Waals surface area contributed by atoms with E-state index in [0.717, 1.165) is 10.0 Å². The van der Waals surface area contributed by atoms with Gasteiger partial charge in [0.1, 0.15) is 6.04 Å². The van der Waals surface area contributed by atoms with Gasteiger partial charge in [-0.3, -0.25) is 9.59 Å². The first-order valence-electron chi connectivity index (χ1n) is 6.08. The number of nitrogens with one attached hydrogen (secondary N) is 1. The van der Waals surface area contributed by atoms with Gasteiger partial charge >= 0.3 is 0 Å². The number of nitrogens with zero attached hydrogens (tertiary/aromatic N) is 1. The molecule has 0 aromatic heterocycles. The summed E-state index contributed by atoms with van der Waals surface area (Å²) in [6.07, 6.45) is 0. The van der Waals surface area contributed by atoms with Crippen LogP contribution in [0.25, 0.3) is 0 Å². The molecule has 3 N–H and O–H groups in total. The van der Waals surface area contributed by atoms with Gasteiger partial charge in [0.2, 0.25) is 5.91 Å². The number of halogens is 1. The lowest BCUT2D eigenvalue weighted by molar-refractivity contribution is -0.122. The minimum Gasteiger partial charge on any atom is -0.368 e. The first kappa shape index (κ1) is 14.0. The van der Waals surface area contributed by atoms with E-state index in [1.807, 2.05) is 19.1 Å². The zero-order valence-corrected chi connectivity index (χ0v) is 12.2. The SMILES string of the molecule is Cc1cc(C(=O)N2CCNCC2C(N)=O)ccc1Br. The summed E-state index contributed by atoms with van der Waals surface area (Å²) in [6.45, 7) is 3.49. The molecule has 1 fully saturated rings. The molecule has 0 aliphatic carbocycles. The molecular formula is C13H16BrN3O2. The van der Waals surface area contributed by atoms with Gasteiger partial charge < -0.3 is 16.0 Å². The first-order chi connectivity index (χ1) is 9.00. The van der Waals surface area contributed by atoms with E-state index in [1.165, 1.54) is 0 Å². The Labute approximate surface area is 120 Å². The van der Waals surface area contributed by atoms with E-state index in [0.29, 0.717) is 25.2 Å². The van der Waals surface area contributed by atoms with E-state index in [1.54, 1.807) is 11.0 Å².